The van der Waals surface area contributed by atoms with E-state index in [0.717, 1.165) is 31.7 Å². The van der Waals surface area contributed by atoms with Gasteiger partial charge in [0.1, 0.15) is 0 Å². The lowest BCUT2D eigenvalue weighted by molar-refractivity contribution is 0.528. The highest BCUT2D eigenvalue weighted by Crippen LogP contribution is 2.39. The maximum atomic E-state index is 6.13. The zero-order chi connectivity index (χ0) is 16.4. The molecule has 0 atom stereocenters. The predicted octanol–water partition coefficient (Wildman–Crippen LogP) is 5.45. The van der Waals surface area contributed by atoms with E-state index in [0.29, 0.717) is 5.90 Å². The van der Waals surface area contributed by atoms with Crippen molar-refractivity contribution in [2.24, 2.45) is 4.99 Å². The van der Waals surface area contributed by atoms with Crippen LogP contribution in [0.25, 0.3) is 9.34 Å². The van der Waals surface area contributed by atoms with E-state index >= 15 is 0 Å². The van der Waals surface area contributed by atoms with E-state index < -0.39 is 0 Å². The molecule has 2 aromatic carbocycles. The Bertz CT molecular complexity index is 934. The van der Waals surface area contributed by atoms with Crippen molar-refractivity contribution < 1.29 is 4.74 Å². The predicted molar refractivity (Wildman–Crippen MR) is 105 cm³/mol. The van der Waals surface area contributed by atoms with Gasteiger partial charge in [-0.3, -0.25) is 4.98 Å². The minimum atomic E-state index is 0.610. The second-order valence-electron chi connectivity index (χ2n) is 5.28. The number of aliphatic imine (C=N–C) groups is 1. The van der Waals surface area contributed by atoms with Gasteiger partial charge in [0.2, 0.25) is 5.90 Å². The molecule has 0 saturated carbocycles. The third kappa shape index (κ3) is 2.85. The van der Waals surface area contributed by atoms with E-state index in [1.165, 1.54) is 0 Å². The number of fused-ring (bicyclic) bond motifs is 1. The zero-order valence-electron chi connectivity index (χ0n) is 12.7. The molecule has 0 unspecified atom stereocenters. The molecule has 0 amide bonds. The van der Waals surface area contributed by atoms with Gasteiger partial charge in [-0.2, -0.15) is 0 Å². The number of aromatic nitrogens is 1. The molecule has 0 spiro atoms. The number of benzene rings is 2. The third-order valence-electron chi connectivity index (χ3n) is 3.71. The SMILES string of the molecule is I/C(=C1/OC(=Nc2ccccc2)c2ccncc21)c1ccccc1. The van der Waals surface area contributed by atoms with E-state index in [2.05, 4.69) is 44.7 Å². The minimum Gasteiger partial charge on any atom is -0.436 e. The van der Waals surface area contributed by atoms with Gasteiger partial charge in [0, 0.05) is 18.0 Å². The molecule has 1 aliphatic heterocycles. The summed E-state index contributed by atoms with van der Waals surface area (Å²) in [4.78, 5) is 8.91. The van der Waals surface area contributed by atoms with Gasteiger partial charge < -0.3 is 4.74 Å². The molecule has 1 aliphatic rings. The molecule has 0 N–H and O–H groups in total. The fourth-order valence-corrected chi connectivity index (χ4v) is 3.31. The molecule has 1 aromatic heterocycles. The van der Waals surface area contributed by atoms with Gasteiger partial charge in [0.25, 0.3) is 0 Å². The Morgan fingerprint density at radius 2 is 1.58 bits per heavy atom. The van der Waals surface area contributed by atoms with Crippen LogP contribution in [0, 0.1) is 0 Å². The summed E-state index contributed by atoms with van der Waals surface area (Å²) in [7, 11) is 0. The number of nitrogens with zero attached hydrogens (tertiary/aromatic N) is 2. The highest BCUT2D eigenvalue weighted by Gasteiger charge is 2.27. The summed E-state index contributed by atoms with van der Waals surface area (Å²) in [6.07, 6.45) is 3.60. The summed E-state index contributed by atoms with van der Waals surface area (Å²) >= 11 is 2.32. The quantitative estimate of drug-likeness (QED) is 0.513. The summed E-state index contributed by atoms with van der Waals surface area (Å²) in [6, 6.07) is 22.0. The van der Waals surface area contributed by atoms with Crippen LogP contribution in [-0.2, 0) is 4.74 Å². The van der Waals surface area contributed by atoms with E-state index in [-0.39, 0.29) is 0 Å². The Kier molecular flexibility index (Phi) is 4.13. The van der Waals surface area contributed by atoms with Crippen molar-refractivity contribution in [2.45, 2.75) is 0 Å². The van der Waals surface area contributed by atoms with Crippen molar-refractivity contribution >= 4 is 43.5 Å². The van der Waals surface area contributed by atoms with E-state index in [1.807, 2.05) is 60.8 Å². The second kappa shape index (κ2) is 6.57. The molecule has 0 radical (unpaired) electrons. The van der Waals surface area contributed by atoms with Crippen LogP contribution in [0.4, 0.5) is 5.69 Å². The zero-order valence-corrected chi connectivity index (χ0v) is 14.8. The van der Waals surface area contributed by atoms with Crippen molar-refractivity contribution in [3.63, 3.8) is 0 Å². The summed E-state index contributed by atoms with van der Waals surface area (Å²) in [5, 5.41) is 0. The van der Waals surface area contributed by atoms with Crippen LogP contribution in [0.5, 0.6) is 0 Å². The van der Waals surface area contributed by atoms with Crippen LogP contribution in [0.3, 0.4) is 0 Å². The van der Waals surface area contributed by atoms with Gasteiger partial charge in [0.05, 0.1) is 14.8 Å². The lowest BCUT2D eigenvalue weighted by Crippen LogP contribution is -1.96. The maximum Gasteiger partial charge on any atom is 0.228 e. The topological polar surface area (TPSA) is 34.5 Å². The lowest BCUT2D eigenvalue weighted by Gasteiger charge is -2.05. The molecule has 4 heteroatoms. The summed E-state index contributed by atoms with van der Waals surface area (Å²) in [6.45, 7) is 0. The van der Waals surface area contributed by atoms with Crippen molar-refractivity contribution in [2.75, 3.05) is 0 Å². The molecule has 0 saturated heterocycles. The molecule has 0 bridgehead atoms. The number of para-hydroxylation sites is 1. The molecule has 4 rings (SSSR count). The standard InChI is InChI=1S/C20H13IN2O/c21-18(14-7-3-1-4-8-14)19-17-13-22-12-11-16(17)20(24-19)23-15-9-5-2-6-10-15/h1-13H/b19-18+,23-20?. The first-order valence-electron chi connectivity index (χ1n) is 7.54. The van der Waals surface area contributed by atoms with Gasteiger partial charge >= 0.3 is 0 Å². The number of ether oxygens (including phenoxy) is 1. The molecule has 24 heavy (non-hydrogen) atoms. The highest BCUT2D eigenvalue weighted by atomic mass is 127. The molecule has 3 aromatic rings. The van der Waals surface area contributed by atoms with Gasteiger partial charge in [-0.15, -0.1) is 0 Å². The molecule has 3 nitrogen and oxygen atoms in total. The van der Waals surface area contributed by atoms with Crippen molar-refractivity contribution in [1.29, 1.82) is 0 Å². The normalized spacial score (nSPS) is 16.6. The first-order valence-corrected chi connectivity index (χ1v) is 8.62. The van der Waals surface area contributed by atoms with Crippen LogP contribution in [0.2, 0.25) is 0 Å². The van der Waals surface area contributed by atoms with Crippen LogP contribution >= 0.6 is 22.6 Å². The smallest absolute Gasteiger partial charge is 0.228 e. The van der Waals surface area contributed by atoms with Crippen LogP contribution < -0.4 is 0 Å². The molecule has 0 aliphatic carbocycles. The number of hydrogen-bond donors (Lipinski definition) is 0. The van der Waals surface area contributed by atoms with Crippen molar-refractivity contribution in [3.05, 3.63) is 95.8 Å². The van der Waals surface area contributed by atoms with Crippen molar-refractivity contribution in [3.8, 4) is 0 Å². The Labute approximate surface area is 153 Å². The van der Waals surface area contributed by atoms with Crippen LogP contribution in [0.1, 0.15) is 16.7 Å². The fraction of sp³-hybridized carbons (Fsp3) is 0. The Morgan fingerprint density at radius 1 is 0.875 bits per heavy atom. The highest BCUT2D eigenvalue weighted by molar-refractivity contribution is 14.1. The second-order valence-corrected chi connectivity index (χ2v) is 6.36. The summed E-state index contributed by atoms with van der Waals surface area (Å²) in [5.74, 6) is 1.42. The van der Waals surface area contributed by atoms with E-state index in [1.54, 1.807) is 6.20 Å². The summed E-state index contributed by atoms with van der Waals surface area (Å²) < 4.78 is 7.18. The number of halogens is 1. The van der Waals surface area contributed by atoms with Crippen molar-refractivity contribution in [1.82, 2.24) is 4.98 Å². The largest absolute Gasteiger partial charge is 0.436 e. The first kappa shape index (κ1) is 15.1. The van der Waals surface area contributed by atoms with Crippen LogP contribution in [0.15, 0.2) is 84.1 Å². The fourth-order valence-electron chi connectivity index (χ4n) is 2.55. The van der Waals surface area contributed by atoms with E-state index in [4.69, 9.17) is 4.74 Å². The van der Waals surface area contributed by atoms with Gasteiger partial charge in [-0.05, 0) is 46.4 Å². The van der Waals surface area contributed by atoms with Gasteiger partial charge in [0.15, 0.2) is 5.76 Å². The summed E-state index contributed by atoms with van der Waals surface area (Å²) in [5.41, 5.74) is 3.92. The monoisotopic (exact) mass is 424 g/mol. The first-order chi connectivity index (χ1) is 11.8. The lowest BCUT2D eigenvalue weighted by atomic mass is 10.1. The molecule has 116 valence electrons. The van der Waals surface area contributed by atoms with E-state index in [9.17, 15) is 0 Å². The number of hydrogen-bond acceptors (Lipinski definition) is 3. The average molecular weight is 424 g/mol. The van der Waals surface area contributed by atoms with Gasteiger partial charge in [-0.1, -0.05) is 48.5 Å². The van der Waals surface area contributed by atoms with Gasteiger partial charge in [-0.25, -0.2) is 4.99 Å². The Hall–Kier alpha value is -2.47. The maximum absolute atomic E-state index is 6.13. The average Bonchev–Trinajstić information content (AvgIpc) is 3.01. The molecule has 2 heterocycles. The minimum absolute atomic E-state index is 0.610. The number of rotatable bonds is 2. The third-order valence-corrected chi connectivity index (χ3v) is 4.82. The molecular formula is C20H13IN2O. The van der Waals surface area contributed by atoms with Crippen LogP contribution in [-0.4, -0.2) is 10.9 Å². The number of pyridine rings is 1. The molecule has 0 fully saturated rings. The Morgan fingerprint density at radius 3 is 2.33 bits per heavy atom. The Balaban J connectivity index is 1.84. The molecular weight excluding hydrogens is 411 g/mol.